The molecular weight excluding hydrogens is 343 g/mol. The summed E-state index contributed by atoms with van der Waals surface area (Å²) in [5.74, 6) is -10.1. The Labute approximate surface area is 140 Å². The van der Waals surface area contributed by atoms with Crippen LogP contribution in [0.5, 0.6) is 0 Å². The third kappa shape index (κ3) is 3.04. The van der Waals surface area contributed by atoms with Gasteiger partial charge in [0.2, 0.25) is 5.82 Å². The Bertz CT molecular complexity index is 775. The summed E-state index contributed by atoms with van der Waals surface area (Å²) in [5, 5.41) is 0. The number of carbonyl (C=O) groups is 1. The highest BCUT2D eigenvalue weighted by Gasteiger charge is 2.31. The summed E-state index contributed by atoms with van der Waals surface area (Å²) in [6.45, 7) is 0.119. The van der Waals surface area contributed by atoms with Gasteiger partial charge < -0.3 is 9.80 Å². The van der Waals surface area contributed by atoms with Crippen molar-refractivity contribution in [1.29, 1.82) is 0 Å². The van der Waals surface area contributed by atoms with Gasteiger partial charge in [-0.2, -0.15) is 0 Å². The molecule has 1 saturated heterocycles. The SMILES string of the molecule is O=C(c1ccccc1)N1CCN(c2c(F)c(F)c(F)c(F)c2F)CC1. The topological polar surface area (TPSA) is 23.6 Å². The Morgan fingerprint density at radius 3 is 1.72 bits per heavy atom. The molecule has 3 nitrogen and oxygen atoms in total. The first-order valence-electron chi connectivity index (χ1n) is 7.52. The van der Waals surface area contributed by atoms with Crippen LogP contribution in [0, 0.1) is 29.1 Å². The summed E-state index contributed by atoms with van der Waals surface area (Å²) >= 11 is 0. The van der Waals surface area contributed by atoms with Gasteiger partial charge in [0, 0.05) is 31.7 Å². The molecule has 0 spiro atoms. The molecule has 0 unspecified atom stereocenters. The number of benzene rings is 2. The minimum atomic E-state index is -2.18. The summed E-state index contributed by atoms with van der Waals surface area (Å²) in [7, 11) is 0. The zero-order valence-electron chi connectivity index (χ0n) is 12.9. The van der Waals surface area contributed by atoms with Gasteiger partial charge in [0.05, 0.1) is 0 Å². The van der Waals surface area contributed by atoms with Crippen LogP contribution in [0.1, 0.15) is 10.4 Å². The molecule has 1 heterocycles. The predicted octanol–water partition coefficient (Wildman–Crippen LogP) is 3.34. The maximum atomic E-state index is 13.9. The van der Waals surface area contributed by atoms with E-state index in [2.05, 4.69) is 0 Å². The summed E-state index contributed by atoms with van der Waals surface area (Å²) < 4.78 is 67.5. The lowest BCUT2D eigenvalue weighted by molar-refractivity contribution is 0.0746. The molecule has 0 aromatic heterocycles. The van der Waals surface area contributed by atoms with Crippen molar-refractivity contribution in [3.63, 3.8) is 0 Å². The Balaban J connectivity index is 1.79. The second-order valence-corrected chi connectivity index (χ2v) is 5.56. The number of hydrogen-bond acceptors (Lipinski definition) is 2. The molecular formula is C17H13F5N2O. The molecule has 1 aliphatic heterocycles. The monoisotopic (exact) mass is 356 g/mol. The summed E-state index contributed by atoms with van der Waals surface area (Å²) in [5.41, 5.74) is -0.490. The molecule has 0 aliphatic carbocycles. The van der Waals surface area contributed by atoms with Crippen LogP contribution in [0.25, 0.3) is 0 Å². The molecule has 0 N–H and O–H groups in total. The lowest BCUT2D eigenvalue weighted by Gasteiger charge is -2.36. The van der Waals surface area contributed by atoms with Crippen molar-refractivity contribution in [2.75, 3.05) is 31.1 Å². The molecule has 8 heteroatoms. The van der Waals surface area contributed by atoms with E-state index in [1.165, 1.54) is 4.90 Å². The highest BCUT2D eigenvalue weighted by Crippen LogP contribution is 2.30. The quantitative estimate of drug-likeness (QED) is 0.468. The summed E-state index contributed by atoms with van der Waals surface area (Å²) in [4.78, 5) is 14.9. The van der Waals surface area contributed by atoms with Crippen LogP contribution in [0.4, 0.5) is 27.6 Å². The summed E-state index contributed by atoms with van der Waals surface area (Å²) in [6.07, 6.45) is 0. The maximum absolute atomic E-state index is 13.9. The van der Waals surface area contributed by atoms with Crippen molar-refractivity contribution in [2.24, 2.45) is 0 Å². The van der Waals surface area contributed by atoms with Gasteiger partial charge >= 0.3 is 0 Å². The van der Waals surface area contributed by atoms with Gasteiger partial charge in [0.1, 0.15) is 5.69 Å². The van der Waals surface area contributed by atoms with Gasteiger partial charge in [0.25, 0.3) is 5.91 Å². The Kier molecular flexibility index (Phi) is 4.61. The van der Waals surface area contributed by atoms with Crippen molar-refractivity contribution in [3.05, 3.63) is 65.0 Å². The first-order valence-corrected chi connectivity index (χ1v) is 7.52. The lowest BCUT2D eigenvalue weighted by Crippen LogP contribution is -2.49. The third-order valence-electron chi connectivity index (χ3n) is 4.09. The van der Waals surface area contributed by atoms with Crippen molar-refractivity contribution in [2.45, 2.75) is 0 Å². The molecule has 2 aromatic carbocycles. The smallest absolute Gasteiger partial charge is 0.253 e. The molecule has 1 amide bonds. The second-order valence-electron chi connectivity index (χ2n) is 5.56. The van der Waals surface area contributed by atoms with Gasteiger partial charge in [-0.3, -0.25) is 4.79 Å². The number of nitrogens with zero attached hydrogens (tertiary/aromatic N) is 2. The van der Waals surface area contributed by atoms with Crippen LogP contribution in [0.2, 0.25) is 0 Å². The molecule has 0 bridgehead atoms. The standard InChI is InChI=1S/C17H13F5N2O/c18-11-12(19)14(21)16(15(22)13(11)20)23-6-8-24(9-7-23)17(25)10-4-2-1-3-5-10/h1-5H,6-9H2. The minimum Gasteiger partial charge on any atom is -0.363 e. The third-order valence-corrected chi connectivity index (χ3v) is 4.09. The molecule has 25 heavy (non-hydrogen) atoms. The number of piperazine rings is 1. The Hall–Kier alpha value is -2.64. The van der Waals surface area contributed by atoms with Crippen LogP contribution in [-0.2, 0) is 0 Å². The molecule has 3 rings (SSSR count). The molecule has 132 valence electrons. The van der Waals surface area contributed by atoms with E-state index in [0.29, 0.717) is 5.56 Å². The van der Waals surface area contributed by atoms with Crippen LogP contribution in [-0.4, -0.2) is 37.0 Å². The first kappa shape index (κ1) is 17.2. The van der Waals surface area contributed by atoms with E-state index in [1.807, 2.05) is 0 Å². The van der Waals surface area contributed by atoms with Crippen LogP contribution in [0.15, 0.2) is 30.3 Å². The zero-order chi connectivity index (χ0) is 18.1. The number of carbonyl (C=O) groups excluding carboxylic acids is 1. The summed E-state index contributed by atoms with van der Waals surface area (Å²) in [6, 6.07) is 8.45. The van der Waals surface area contributed by atoms with Crippen molar-refractivity contribution in [1.82, 2.24) is 4.90 Å². The van der Waals surface area contributed by atoms with Crippen molar-refractivity contribution >= 4 is 11.6 Å². The average molecular weight is 356 g/mol. The van der Waals surface area contributed by atoms with Crippen LogP contribution >= 0.6 is 0 Å². The van der Waals surface area contributed by atoms with Gasteiger partial charge in [-0.25, -0.2) is 22.0 Å². The van der Waals surface area contributed by atoms with Crippen LogP contribution in [0.3, 0.4) is 0 Å². The number of hydrogen-bond donors (Lipinski definition) is 0. The number of amides is 1. The molecule has 0 atom stereocenters. The molecule has 1 fully saturated rings. The van der Waals surface area contributed by atoms with E-state index in [9.17, 15) is 26.7 Å². The van der Waals surface area contributed by atoms with Crippen molar-refractivity contribution in [3.8, 4) is 0 Å². The number of halogens is 5. The van der Waals surface area contributed by atoms with E-state index in [0.717, 1.165) is 4.90 Å². The maximum Gasteiger partial charge on any atom is 0.253 e. The fourth-order valence-electron chi connectivity index (χ4n) is 2.77. The van der Waals surface area contributed by atoms with Gasteiger partial charge in [-0.05, 0) is 12.1 Å². The largest absolute Gasteiger partial charge is 0.363 e. The number of anilines is 1. The van der Waals surface area contributed by atoms with Gasteiger partial charge in [-0.1, -0.05) is 18.2 Å². The van der Waals surface area contributed by atoms with E-state index < -0.39 is 34.8 Å². The first-order chi connectivity index (χ1) is 11.9. The zero-order valence-corrected chi connectivity index (χ0v) is 12.9. The Morgan fingerprint density at radius 2 is 1.20 bits per heavy atom. The van der Waals surface area contributed by atoms with E-state index in [-0.39, 0.29) is 32.1 Å². The molecule has 1 aliphatic rings. The van der Waals surface area contributed by atoms with Crippen LogP contribution < -0.4 is 4.90 Å². The molecule has 0 saturated carbocycles. The normalized spacial score (nSPS) is 14.8. The highest BCUT2D eigenvalue weighted by molar-refractivity contribution is 5.94. The average Bonchev–Trinajstić information content (AvgIpc) is 2.65. The Morgan fingerprint density at radius 1 is 0.720 bits per heavy atom. The lowest BCUT2D eigenvalue weighted by atomic mass is 10.1. The molecule has 2 aromatic rings. The fourth-order valence-corrected chi connectivity index (χ4v) is 2.77. The minimum absolute atomic E-state index is 0.0447. The van der Waals surface area contributed by atoms with E-state index in [4.69, 9.17) is 0 Å². The number of rotatable bonds is 2. The van der Waals surface area contributed by atoms with E-state index >= 15 is 0 Å². The van der Waals surface area contributed by atoms with Crippen molar-refractivity contribution < 1.29 is 26.7 Å². The fraction of sp³-hybridized carbons (Fsp3) is 0.235. The van der Waals surface area contributed by atoms with Gasteiger partial charge in [0.15, 0.2) is 23.3 Å². The predicted molar refractivity (Wildman–Crippen MR) is 80.8 cm³/mol. The van der Waals surface area contributed by atoms with Gasteiger partial charge in [-0.15, -0.1) is 0 Å². The molecule has 0 radical (unpaired) electrons. The van der Waals surface area contributed by atoms with E-state index in [1.54, 1.807) is 30.3 Å². The second kappa shape index (κ2) is 6.70. The highest BCUT2D eigenvalue weighted by atomic mass is 19.2.